The van der Waals surface area contributed by atoms with Crippen LogP contribution in [0.3, 0.4) is 0 Å². The van der Waals surface area contributed by atoms with Crippen LogP contribution in [-0.4, -0.2) is 15.4 Å². The fraction of sp³-hybridized carbons (Fsp3) is 0.231. The van der Waals surface area contributed by atoms with Gasteiger partial charge in [0.2, 0.25) is 4.80 Å². The number of hydrogen-bond donors (Lipinski definition) is 1. The summed E-state index contributed by atoms with van der Waals surface area (Å²) in [6.45, 7) is 3.82. The van der Waals surface area contributed by atoms with Crippen LogP contribution >= 0.6 is 11.3 Å². The van der Waals surface area contributed by atoms with Crippen LogP contribution in [0.15, 0.2) is 39.8 Å². The van der Waals surface area contributed by atoms with E-state index in [4.69, 9.17) is 0 Å². The van der Waals surface area contributed by atoms with Gasteiger partial charge in [0.05, 0.1) is 5.69 Å². The van der Waals surface area contributed by atoms with Crippen LogP contribution in [0.4, 0.5) is 0 Å². The summed E-state index contributed by atoms with van der Waals surface area (Å²) in [5.74, 6) is 0.264. The summed E-state index contributed by atoms with van der Waals surface area (Å²) in [5, 5.41) is 19.7. The molecule has 18 heavy (non-hydrogen) atoms. The molecule has 0 saturated carbocycles. The van der Waals surface area contributed by atoms with Gasteiger partial charge >= 0.3 is 0 Å². The maximum Gasteiger partial charge on any atom is 0.210 e. The lowest BCUT2D eigenvalue weighted by atomic mass is 10.1. The highest BCUT2D eigenvalue weighted by Crippen LogP contribution is 2.22. The molecule has 4 nitrogen and oxygen atoms in total. The minimum atomic E-state index is 0.264. The zero-order chi connectivity index (χ0) is 13.1. The van der Waals surface area contributed by atoms with Crippen molar-refractivity contribution in [2.45, 2.75) is 13.8 Å². The van der Waals surface area contributed by atoms with E-state index in [2.05, 4.69) is 10.2 Å². The van der Waals surface area contributed by atoms with Gasteiger partial charge in [0.15, 0.2) is 0 Å². The van der Waals surface area contributed by atoms with Gasteiger partial charge in [-0.05, 0) is 26.0 Å². The lowest BCUT2D eigenvalue weighted by Crippen LogP contribution is -2.10. The van der Waals surface area contributed by atoms with Crippen LogP contribution in [0.1, 0.15) is 13.8 Å². The van der Waals surface area contributed by atoms with Crippen LogP contribution < -0.4 is 4.80 Å². The van der Waals surface area contributed by atoms with E-state index in [1.54, 1.807) is 12.1 Å². The van der Waals surface area contributed by atoms with E-state index in [0.717, 1.165) is 21.8 Å². The SMILES string of the molecule is CC(C)=NN=c1scc(-c2cccc(O)c2)n1C. The van der Waals surface area contributed by atoms with Gasteiger partial charge in [-0.3, -0.25) is 0 Å². The molecule has 94 valence electrons. The predicted octanol–water partition coefficient (Wildman–Crippen LogP) is 2.76. The molecule has 0 atom stereocenters. The summed E-state index contributed by atoms with van der Waals surface area (Å²) < 4.78 is 1.96. The third-order valence-electron chi connectivity index (χ3n) is 2.40. The second kappa shape index (κ2) is 5.18. The molecule has 0 radical (unpaired) electrons. The number of phenols is 1. The molecule has 0 aliphatic heterocycles. The molecule has 0 aliphatic carbocycles. The van der Waals surface area contributed by atoms with Gasteiger partial charge in [-0.1, -0.05) is 12.1 Å². The Morgan fingerprint density at radius 2 is 2.11 bits per heavy atom. The van der Waals surface area contributed by atoms with Gasteiger partial charge in [-0.2, -0.15) is 5.10 Å². The Labute approximate surface area is 110 Å². The minimum absolute atomic E-state index is 0.264. The molecule has 1 N–H and O–H groups in total. The summed E-state index contributed by atoms with van der Waals surface area (Å²) in [4.78, 5) is 0.828. The van der Waals surface area contributed by atoms with Crippen molar-refractivity contribution in [1.29, 1.82) is 0 Å². The third kappa shape index (κ3) is 2.68. The highest BCUT2D eigenvalue weighted by Gasteiger charge is 2.04. The Morgan fingerprint density at radius 1 is 1.33 bits per heavy atom. The lowest BCUT2D eigenvalue weighted by molar-refractivity contribution is 0.475. The quantitative estimate of drug-likeness (QED) is 0.656. The molecule has 1 heterocycles. The van der Waals surface area contributed by atoms with Crippen molar-refractivity contribution in [2.24, 2.45) is 17.3 Å². The Balaban J connectivity index is 2.49. The zero-order valence-corrected chi connectivity index (χ0v) is 11.4. The van der Waals surface area contributed by atoms with Crippen molar-refractivity contribution in [3.63, 3.8) is 0 Å². The fourth-order valence-corrected chi connectivity index (χ4v) is 2.39. The highest BCUT2D eigenvalue weighted by atomic mass is 32.1. The summed E-state index contributed by atoms with van der Waals surface area (Å²) in [6, 6.07) is 7.18. The summed E-state index contributed by atoms with van der Waals surface area (Å²) in [7, 11) is 1.94. The average Bonchev–Trinajstić information content (AvgIpc) is 2.68. The second-order valence-electron chi connectivity index (χ2n) is 4.16. The fourth-order valence-electron chi connectivity index (χ4n) is 1.53. The summed E-state index contributed by atoms with van der Waals surface area (Å²) in [5.41, 5.74) is 2.90. The van der Waals surface area contributed by atoms with Crippen LogP contribution in [0, 0.1) is 0 Å². The molecule has 2 rings (SSSR count). The first-order chi connectivity index (χ1) is 8.58. The van der Waals surface area contributed by atoms with Crippen molar-refractivity contribution in [3.8, 4) is 17.0 Å². The van der Waals surface area contributed by atoms with E-state index in [1.165, 1.54) is 11.3 Å². The van der Waals surface area contributed by atoms with Crippen molar-refractivity contribution < 1.29 is 5.11 Å². The van der Waals surface area contributed by atoms with E-state index in [1.807, 2.05) is 43.0 Å². The number of thiazole rings is 1. The Kier molecular flexibility index (Phi) is 3.62. The molecule has 0 bridgehead atoms. The largest absolute Gasteiger partial charge is 0.508 e. The maximum absolute atomic E-state index is 9.50. The molecule has 0 fully saturated rings. The number of phenolic OH excluding ortho intramolecular Hbond substituents is 1. The molecule has 1 aromatic heterocycles. The van der Waals surface area contributed by atoms with E-state index >= 15 is 0 Å². The van der Waals surface area contributed by atoms with Gasteiger partial charge < -0.3 is 9.67 Å². The third-order valence-corrected chi connectivity index (χ3v) is 3.31. The number of aromatic hydroxyl groups is 1. The number of rotatable bonds is 2. The smallest absolute Gasteiger partial charge is 0.210 e. The zero-order valence-electron chi connectivity index (χ0n) is 10.6. The standard InChI is InChI=1S/C13H15N3OS/c1-9(2)14-15-13-16(3)12(8-18-13)10-5-4-6-11(17)7-10/h4-8,17H,1-3H3. The van der Waals surface area contributed by atoms with E-state index in [-0.39, 0.29) is 5.75 Å². The van der Waals surface area contributed by atoms with Crippen LogP contribution in [0.25, 0.3) is 11.3 Å². The van der Waals surface area contributed by atoms with Gasteiger partial charge in [-0.25, -0.2) is 0 Å². The molecule has 0 amide bonds. The van der Waals surface area contributed by atoms with Crippen molar-refractivity contribution >= 4 is 17.0 Å². The van der Waals surface area contributed by atoms with E-state index in [0.29, 0.717) is 0 Å². The molecular weight excluding hydrogens is 246 g/mol. The Hall–Kier alpha value is -1.88. The first-order valence-electron chi connectivity index (χ1n) is 5.57. The molecule has 2 aromatic rings. The van der Waals surface area contributed by atoms with Crippen molar-refractivity contribution in [1.82, 2.24) is 4.57 Å². The van der Waals surface area contributed by atoms with Gasteiger partial charge in [0, 0.05) is 23.7 Å². The molecule has 0 spiro atoms. The topological polar surface area (TPSA) is 49.9 Å². The van der Waals surface area contributed by atoms with E-state index < -0.39 is 0 Å². The first-order valence-corrected chi connectivity index (χ1v) is 6.44. The predicted molar refractivity (Wildman–Crippen MR) is 74.7 cm³/mol. The highest BCUT2D eigenvalue weighted by molar-refractivity contribution is 7.07. The first kappa shape index (κ1) is 12.6. The lowest BCUT2D eigenvalue weighted by Gasteiger charge is -2.02. The summed E-state index contributed by atoms with van der Waals surface area (Å²) >= 11 is 1.53. The number of benzene rings is 1. The molecular formula is C13H15N3OS. The molecule has 0 unspecified atom stereocenters. The van der Waals surface area contributed by atoms with Gasteiger partial charge in [0.1, 0.15) is 5.75 Å². The number of nitrogens with zero attached hydrogens (tertiary/aromatic N) is 3. The van der Waals surface area contributed by atoms with E-state index in [9.17, 15) is 5.11 Å². The van der Waals surface area contributed by atoms with Crippen LogP contribution in [-0.2, 0) is 7.05 Å². The maximum atomic E-state index is 9.50. The van der Waals surface area contributed by atoms with Crippen molar-refractivity contribution in [3.05, 3.63) is 34.4 Å². The van der Waals surface area contributed by atoms with Gasteiger partial charge in [-0.15, -0.1) is 16.4 Å². The minimum Gasteiger partial charge on any atom is -0.508 e. The number of aromatic nitrogens is 1. The molecule has 0 saturated heterocycles. The number of hydrogen-bond acceptors (Lipinski definition) is 4. The molecule has 0 aliphatic rings. The normalized spacial score (nSPS) is 11.6. The second-order valence-corrected chi connectivity index (χ2v) is 5.00. The Bertz CT molecular complexity index is 648. The van der Waals surface area contributed by atoms with Crippen molar-refractivity contribution in [2.75, 3.05) is 0 Å². The van der Waals surface area contributed by atoms with Crippen LogP contribution in [0.5, 0.6) is 5.75 Å². The summed E-state index contributed by atoms with van der Waals surface area (Å²) in [6.07, 6.45) is 0. The monoisotopic (exact) mass is 261 g/mol. The average molecular weight is 261 g/mol. The Morgan fingerprint density at radius 3 is 2.78 bits per heavy atom. The molecule has 5 heteroatoms. The molecule has 1 aromatic carbocycles. The van der Waals surface area contributed by atoms with Gasteiger partial charge in [0.25, 0.3) is 0 Å². The van der Waals surface area contributed by atoms with Crippen LogP contribution in [0.2, 0.25) is 0 Å².